The molecule has 4 nitrogen and oxygen atoms in total. The van der Waals surface area contributed by atoms with E-state index in [9.17, 15) is 0 Å². The van der Waals surface area contributed by atoms with E-state index in [1.54, 1.807) is 6.20 Å². The Labute approximate surface area is 142 Å². The molecule has 0 spiro atoms. The van der Waals surface area contributed by atoms with Gasteiger partial charge in [0.2, 0.25) is 0 Å². The first kappa shape index (κ1) is 15.7. The minimum atomic E-state index is -0.0174. The quantitative estimate of drug-likeness (QED) is 0.539. The molecule has 0 amide bonds. The second kappa shape index (κ2) is 7.42. The van der Waals surface area contributed by atoms with E-state index in [0.29, 0.717) is 5.69 Å². The fraction of sp³-hybridized carbons (Fsp3) is 0.100. The third-order valence-electron chi connectivity index (χ3n) is 3.82. The lowest BCUT2D eigenvalue weighted by atomic mass is 10.1. The zero-order valence-corrected chi connectivity index (χ0v) is 13.4. The van der Waals surface area contributed by atoms with Gasteiger partial charge in [0.1, 0.15) is 11.5 Å². The number of pyridine rings is 1. The summed E-state index contributed by atoms with van der Waals surface area (Å²) in [6.07, 6.45) is 1.70. The van der Waals surface area contributed by atoms with Gasteiger partial charge >= 0.3 is 0 Å². The Bertz CT molecular complexity index is 759. The Hall–Kier alpha value is -3.14. The lowest BCUT2D eigenvalue weighted by Crippen LogP contribution is -2.23. The molecule has 24 heavy (non-hydrogen) atoms. The van der Waals surface area contributed by atoms with Crippen LogP contribution in [-0.4, -0.2) is 10.8 Å². The highest BCUT2D eigenvalue weighted by molar-refractivity contribution is 5.93. The number of benzene rings is 2. The second-order valence-corrected chi connectivity index (χ2v) is 5.64. The van der Waals surface area contributed by atoms with Crippen LogP contribution in [0.1, 0.15) is 16.8 Å². The summed E-state index contributed by atoms with van der Waals surface area (Å²) in [5, 5.41) is 7.61. The third kappa shape index (κ3) is 3.98. The number of amidine groups is 1. The van der Waals surface area contributed by atoms with Crippen molar-refractivity contribution in [3.8, 4) is 0 Å². The minimum Gasteiger partial charge on any atom is -0.382 e. The number of nitrogens with two attached hydrogens (primary N) is 1. The lowest BCUT2D eigenvalue weighted by Gasteiger charge is -2.25. The molecule has 3 aromatic rings. The monoisotopic (exact) mass is 316 g/mol. The summed E-state index contributed by atoms with van der Waals surface area (Å²) in [4.78, 5) is 6.42. The van der Waals surface area contributed by atoms with E-state index < -0.39 is 0 Å². The van der Waals surface area contributed by atoms with Crippen LogP contribution in [0.3, 0.4) is 0 Å². The highest BCUT2D eigenvalue weighted by Crippen LogP contribution is 2.20. The van der Waals surface area contributed by atoms with Crippen molar-refractivity contribution in [2.75, 3.05) is 4.90 Å². The summed E-state index contributed by atoms with van der Waals surface area (Å²) in [6, 6.07) is 24.5. The maximum atomic E-state index is 7.61. The van der Waals surface area contributed by atoms with Crippen LogP contribution in [0, 0.1) is 5.41 Å². The molecule has 3 N–H and O–H groups in total. The molecule has 0 atom stereocenters. The van der Waals surface area contributed by atoms with Crippen LogP contribution in [0.5, 0.6) is 0 Å². The lowest BCUT2D eigenvalue weighted by molar-refractivity contribution is 0.798. The molecule has 0 unspecified atom stereocenters. The summed E-state index contributed by atoms with van der Waals surface area (Å²) < 4.78 is 0. The van der Waals surface area contributed by atoms with Crippen molar-refractivity contribution in [2.24, 2.45) is 5.73 Å². The zero-order valence-electron chi connectivity index (χ0n) is 13.4. The largest absolute Gasteiger partial charge is 0.382 e. The molecule has 0 aliphatic carbocycles. The number of nitrogens with one attached hydrogen (secondary N) is 1. The van der Waals surface area contributed by atoms with Crippen molar-refractivity contribution in [1.82, 2.24) is 4.98 Å². The van der Waals surface area contributed by atoms with E-state index in [4.69, 9.17) is 11.1 Å². The van der Waals surface area contributed by atoms with Gasteiger partial charge in [-0.25, -0.2) is 0 Å². The molecule has 0 fully saturated rings. The summed E-state index contributed by atoms with van der Waals surface area (Å²) in [6.45, 7) is 1.55. The van der Waals surface area contributed by atoms with E-state index in [0.717, 1.165) is 18.8 Å². The molecule has 120 valence electrons. The predicted molar refractivity (Wildman–Crippen MR) is 98.0 cm³/mol. The molecule has 1 aromatic heterocycles. The number of rotatable bonds is 6. The fourth-order valence-corrected chi connectivity index (χ4v) is 2.61. The second-order valence-electron chi connectivity index (χ2n) is 5.64. The van der Waals surface area contributed by atoms with Gasteiger partial charge in [-0.2, -0.15) is 0 Å². The van der Waals surface area contributed by atoms with Gasteiger partial charge in [-0.3, -0.25) is 10.4 Å². The number of hydrogen-bond acceptors (Lipinski definition) is 3. The van der Waals surface area contributed by atoms with Crippen molar-refractivity contribution >= 4 is 11.5 Å². The fourth-order valence-electron chi connectivity index (χ4n) is 2.61. The first-order chi connectivity index (χ1) is 11.7. The van der Waals surface area contributed by atoms with Gasteiger partial charge in [0.15, 0.2) is 0 Å². The Balaban J connectivity index is 1.92. The van der Waals surface area contributed by atoms with E-state index in [1.165, 1.54) is 11.1 Å². The number of aromatic nitrogens is 1. The van der Waals surface area contributed by atoms with Crippen molar-refractivity contribution in [3.63, 3.8) is 0 Å². The Morgan fingerprint density at radius 3 is 1.92 bits per heavy atom. The van der Waals surface area contributed by atoms with Crippen molar-refractivity contribution in [3.05, 3.63) is 95.8 Å². The van der Waals surface area contributed by atoms with Crippen molar-refractivity contribution in [2.45, 2.75) is 13.1 Å². The van der Waals surface area contributed by atoms with Crippen LogP contribution >= 0.6 is 0 Å². The van der Waals surface area contributed by atoms with Gasteiger partial charge in [0.05, 0.1) is 0 Å². The van der Waals surface area contributed by atoms with Crippen LogP contribution in [0.15, 0.2) is 79.0 Å². The molecule has 1 heterocycles. The molecule has 3 rings (SSSR count). The Kier molecular flexibility index (Phi) is 4.87. The van der Waals surface area contributed by atoms with Gasteiger partial charge in [-0.1, -0.05) is 60.7 Å². The van der Waals surface area contributed by atoms with E-state index >= 15 is 0 Å². The maximum absolute atomic E-state index is 7.61. The molecule has 0 aliphatic rings. The normalized spacial score (nSPS) is 10.3. The number of nitrogens with zero attached hydrogens (tertiary/aromatic N) is 2. The molecule has 0 aliphatic heterocycles. The van der Waals surface area contributed by atoms with Crippen molar-refractivity contribution in [1.29, 1.82) is 5.41 Å². The smallest absolute Gasteiger partial charge is 0.141 e. The molecule has 0 bridgehead atoms. The van der Waals surface area contributed by atoms with Gasteiger partial charge < -0.3 is 10.6 Å². The molecule has 0 saturated heterocycles. The maximum Gasteiger partial charge on any atom is 0.141 e. The number of hydrogen-bond donors (Lipinski definition) is 2. The summed E-state index contributed by atoms with van der Waals surface area (Å²) >= 11 is 0. The first-order valence-corrected chi connectivity index (χ1v) is 7.85. The van der Waals surface area contributed by atoms with Crippen LogP contribution in [0.4, 0.5) is 5.69 Å². The van der Waals surface area contributed by atoms with Crippen LogP contribution in [0.2, 0.25) is 0 Å². The number of nitrogen functional groups attached to an aromatic ring is 1. The average Bonchev–Trinajstić information content (AvgIpc) is 2.63. The molecule has 4 heteroatoms. The van der Waals surface area contributed by atoms with Crippen LogP contribution in [-0.2, 0) is 13.1 Å². The topological polar surface area (TPSA) is 66.0 Å². The third-order valence-corrected chi connectivity index (χ3v) is 3.82. The van der Waals surface area contributed by atoms with Crippen LogP contribution < -0.4 is 10.6 Å². The highest BCUT2D eigenvalue weighted by atomic mass is 15.1. The van der Waals surface area contributed by atoms with Gasteiger partial charge in [-0.15, -0.1) is 0 Å². The average molecular weight is 316 g/mol. The zero-order chi connectivity index (χ0) is 16.8. The minimum absolute atomic E-state index is 0.0174. The Morgan fingerprint density at radius 1 is 0.875 bits per heavy atom. The summed E-state index contributed by atoms with van der Waals surface area (Å²) in [7, 11) is 0. The summed E-state index contributed by atoms with van der Waals surface area (Å²) in [5.41, 5.74) is 9.55. The molecular weight excluding hydrogens is 296 g/mol. The molecule has 2 aromatic carbocycles. The Morgan fingerprint density at radius 2 is 1.42 bits per heavy atom. The SMILES string of the molecule is N=C(N)c1cc(N(Cc2ccccc2)Cc2ccccc2)ccn1. The standard InChI is InChI=1S/C20H20N4/c21-20(22)19-13-18(11-12-23-19)24(14-16-7-3-1-4-8-16)15-17-9-5-2-6-10-17/h1-13H,14-15H2,(H3,21,22). The molecule has 0 radical (unpaired) electrons. The number of anilines is 1. The van der Waals surface area contributed by atoms with Crippen molar-refractivity contribution < 1.29 is 0 Å². The van der Waals surface area contributed by atoms with E-state index in [2.05, 4.69) is 34.1 Å². The first-order valence-electron chi connectivity index (χ1n) is 7.85. The molecular formula is C20H20N4. The van der Waals surface area contributed by atoms with Crippen LogP contribution in [0.25, 0.3) is 0 Å². The van der Waals surface area contributed by atoms with E-state index in [1.807, 2.05) is 48.5 Å². The highest BCUT2D eigenvalue weighted by Gasteiger charge is 2.10. The van der Waals surface area contributed by atoms with Gasteiger partial charge in [-0.05, 0) is 23.3 Å². The van der Waals surface area contributed by atoms with E-state index in [-0.39, 0.29) is 5.84 Å². The molecule has 0 saturated carbocycles. The predicted octanol–water partition coefficient (Wildman–Crippen LogP) is 3.57. The van der Waals surface area contributed by atoms with Gasteiger partial charge in [0, 0.05) is 25.0 Å². The summed E-state index contributed by atoms with van der Waals surface area (Å²) in [5.74, 6) is -0.0174. The van der Waals surface area contributed by atoms with Gasteiger partial charge in [0.25, 0.3) is 0 Å².